The van der Waals surface area contributed by atoms with Crippen LogP contribution in [0.3, 0.4) is 0 Å². The molecule has 0 atom stereocenters. The second-order valence-electron chi connectivity index (χ2n) is 8.07. The number of benzene rings is 1. The number of aryl methyl sites for hydroxylation is 1. The topological polar surface area (TPSA) is 72.6 Å². The Morgan fingerprint density at radius 3 is 2.73 bits per heavy atom. The van der Waals surface area contributed by atoms with Gasteiger partial charge in [0.05, 0.1) is 12.3 Å². The van der Waals surface area contributed by atoms with Crippen LogP contribution in [-0.4, -0.2) is 33.2 Å². The molecule has 3 aromatic heterocycles. The van der Waals surface area contributed by atoms with Crippen molar-refractivity contribution in [2.24, 2.45) is 0 Å². The average molecular weight is 449 g/mol. The average Bonchev–Trinajstić information content (AvgIpc) is 2.80. The van der Waals surface area contributed by atoms with Crippen LogP contribution >= 0.6 is 0 Å². The molecule has 0 bridgehead atoms. The zero-order chi connectivity index (χ0) is 23.1. The van der Waals surface area contributed by atoms with Crippen molar-refractivity contribution in [3.8, 4) is 11.1 Å². The van der Waals surface area contributed by atoms with Crippen molar-refractivity contribution in [3.63, 3.8) is 0 Å². The molecule has 0 radical (unpaired) electrons. The van der Waals surface area contributed by atoms with E-state index < -0.39 is 11.6 Å². The molecule has 4 heterocycles. The van der Waals surface area contributed by atoms with Gasteiger partial charge in [0.1, 0.15) is 0 Å². The van der Waals surface area contributed by atoms with Gasteiger partial charge in [-0.25, -0.2) is 13.8 Å². The van der Waals surface area contributed by atoms with E-state index in [9.17, 15) is 13.6 Å². The second kappa shape index (κ2) is 8.32. The lowest BCUT2D eigenvalue weighted by molar-refractivity contribution is 0.181. The van der Waals surface area contributed by atoms with Gasteiger partial charge in [-0.2, -0.15) is 4.52 Å². The van der Waals surface area contributed by atoms with Crippen molar-refractivity contribution in [1.82, 2.24) is 19.6 Å². The van der Waals surface area contributed by atoms with E-state index in [-0.39, 0.29) is 12.2 Å². The number of halogens is 2. The molecule has 0 saturated heterocycles. The summed E-state index contributed by atoms with van der Waals surface area (Å²) < 4.78 is 33.4. The van der Waals surface area contributed by atoms with Crippen LogP contribution in [0.25, 0.3) is 16.8 Å². The lowest BCUT2D eigenvalue weighted by atomic mass is 10.00. The summed E-state index contributed by atoms with van der Waals surface area (Å²) >= 11 is 0. The monoisotopic (exact) mass is 449 g/mol. The highest BCUT2D eigenvalue weighted by Crippen LogP contribution is 2.28. The first-order chi connectivity index (χ1) is 15.9. The summed E-state index contributed by atoms with van der Waals surface area (Å²) in [4.78, 5) is 23.7. The third-order valence-electron chi connectivity index (χ3n) is 5.75. The fraction of sp³-hybridized carbons (Fsp3) is 0.250. The highest BCUT2D eigenvalue weighted by atomic mass is 19.2. The highest BCUT2D eigenvalue weighted by Gasteiger charge is 2.22. The minimum absolute atomic E-state index is 0.253. The number of rotatable bonds is 4. The summed E-state index contributed by atoms with van der Waals surface area (Å²) in [6.45, 7) is 3.41. The summed E-state index contributed by atoms with van der Waals surface area (Å²) in [5.74, 6) is -1.09. The molecule has 1 aliphatic heterocycles. The van der Waals surface area contributed by atoms with E-state index >= 15 is 0 Å². The van der Waals surface area contributed by atoms with E-state index in [1.54, 1.807) is 13.3 Å². The van der Waals surface area contributed by atoms with Gasteiger partial charge in [-0.15, -0.1) is 5.10 Å². The van der Waals surface area contributed by atoms with Crippen molar-refractivity contribution in [3.05, 3.63) is 87.1 Å². The van der Waals surface area contributed by atoms with Crippen LogP contribution in [-0.2, 0) is 24.3 Å². The second-order valence-corrected chi connectivity index (χ2v) is 8.07. The van der Waals surface area contributed by atoms with E-state index in [0.29, 0.717) is 47.8 Å². The van der Waals surface area contributed by atoms with E-state index in [1.807, 2.05) is 19.1 Å². The lowest BCUT2D eigenvalue weighted by Gasteiger charge is -2.30. The number of hydrogen-bond acceptors (Lipinski definition) is 6. The summed E-state index contributed by atoms with van der Waals surface area (Å²) in [5.41, 5.74) is 4.85. The largest absolute Gasteiger partial charge is 0.378 e. The first kappa shape index (κ1) is 21.1. The van der Waals surface area contributed by atoms with E-state index in [2.05, 4.69) is 20.0 Å². The summed E-state index contributed by atoms with van der Waals surface area (Å²) in [5, 5.41) is 4.59. The van der Waals surface area contributed by atoms with Crippen LogP contribution in [0.4, 0.5) is 14.6 Å². The predicted molar refractivity (Wildman–Crippen MR) is 119 cm³/mol. The van der Waals surface area contributed by atoms with Crippen molar-refractivity contribution >= 4 is 11.5 Å². The molecule has 9 heteroatoms. The Balaban J connectivity index is 1.50. The molecular formula is C24H21F2N5O2. The molecule has 0 spiro atoms. The first-order valence-electron chi connectivity index (χ1n) is 10.5. The molecule has 7 nitrogen and oxygen atoms in total. The third-order valence-corrected chi connectivity index (χ3v) is 5.75. The Bertz CT molecular complexity index is 1440. The maximum absolute atomic E-state index is 13.7. The third kappa shape index (κ3) is 3.95. The molecule has 1 aliphatic rings. The van der Waals surface area contributed by atoms with Gasteiger partial charge in [-0.3, -0.25) is 9.78 Å². The van der Waals surface area contributed by atoms with Crippen LogP contribution in [0.1, 0.15) is 22.5 Å². The van der Waals surface area contributed by atoms with Crippen LogP contribution in [0.2, 0.25) is 0 Å². The minimum atomic E-state index is -0.893. The number of aromatic nitrogens is 4. The van der Waals surface area contributed by atoms with Crippen molar-refractivity contribution in [2.75, 3.05) is 18.6 Å². The van der Waals surface area contributed by atoms with Crippen LogP contribution in [0.5, 0.6) is 0 Å². The standard InChI is InChI=1S/C24H21F2N5O2/c1-14-7-22-28-18(13-33-2)10-23(32)31(22)29-24(14)30-6-5-21-17(12-30)8-16(11-27-21)15-3-4-19(25)20(26)9-15/h3-4,7-11H,5-6,12-13H2,1-2H3. The highest BCUT2D eigenvalue weighted by molar-refractivity contribution is 5.64. The molecular weight excluding hydrogens is 428 g/mol. The van der Waals surface area contributed by atoms with Gasteiger partial charge in [-0.05, 0) is 47.9 Å². The maximum atomic E-state index is 13.7. The molecule has 0 saturated carbocycles. The van der Waals surface area contributed by atoms with Crippen molar-refractivity contribution in [2.45, 2.75) is 26.5 Å². The number of pyridine rings is 1. The molecule has 168 valence electrons. The molecule has 0 N–H and O–H groups in total. The fourth-order valence-electron chi connectivity index (χ4n) is 4.14. The fourth-order valence-corrected chi connectivity index (χ4v) is 4.14. The molecule has 4 aromatic rings. The molecule has 0 amide bonds. The summed E-state index contributed by atoms with van der Waals surface area (Å²) in [6.07, 6.45) is 2.38. The summed E-state index contributed by atoms with van der Waals surface area (Å²) in [7, 11) is 1.55. The Hall–Kier alpha value is -3.72. The van der Waals surface area contributed by atoms with Crippen molar-refractivity contribution in [1.29, 1.82) is 0 Å². The molecule has 0 fully saturated rings. The molecule has 5 rings (SSSR count). The Morgan fingerprint density at radius 1 is 1.09 bits per heavy atom. The zero-order valence-electron chi connectivity index (χ0n) is 18.2. The van der Waals surface area contributed by atoms with Crippen LogP contribution in [0, 0.1) is 18.6 Å². The van der Waals surface area contributed by atoms with Gasteiger partial charge in [0.2, 0.25) is 0 Å². The number of anilines is 1. The predicted octanol–water partition coefficient (Wildman–Crippen LogP) is 3.45. The number of methoxy groups -OCH3 is 1. The first-order valence-corrected chi connectivity index (χ1v) is 10.5. The quantitative estimate of drug-likeness (QED) is 0.475. The van der Waals surface area contributed by atoms with E-state index in [1.165, 1.54) is 22.7 Å². The van der Waals surface area contributed by atoms with Crippen molar-refractivity contribution < 1.29 is 13.5 Å². The maximum Gasteiger partial charge on any atom is 0.274 e. The number of fused-ring (bicyclic) bond motifs is 2. The smallest absolute Gasteiger partial charge is 0.274 e. The summed E-state index contributed by atoms with van der Waals surface area (Å²) in [6, 6.07) is 9.03. The minimum Gasteiger partial charge on any atom is -0.378 e. The molecule has 0 aliphatic carbocycles. The van der Waals surface area contributed by atoms with Gasteiger partial charge in [-0.1, -0.05) is 6.07 Å². The molecule has 33 heavy (non-hydrogen) atoms. The van der Waals surface area contributed by atoms with Gasteiger partial charge in [0, 0.05) is 50.1 Å². The van der Waals surface area contributed by atoms with Gasteiger partial charge < -0.3 is 9.64 Å². The normalized spacial score (nSPS) is 13.4. The van der Waals surface area contributed by atoms with E-state index in [4.69, 9.17) is 4.74 Å². The zero-order valence-corrected chi connectivity index (χ0v) is 18.2. The van der Waals surface area contributed by atoms with Crippen LogP contribution in [0.15, 0.2) is 47.4 Å². The van der Waals surface area contributed by atoms with Gasteiger partial charge >= 0.3 is 0 Å². The Morgan fingerprint density at radius 2 is 1.94 bits per heavy atom. The van der Waals surface area contributed by atoms with Gasteiger partial charge in [0.15, 0.2) is 23.1 Å². The Kier molecular flexibility index (Phi) is 5.33. The SMILES string of the molecule is COCc1cc(=O)n2nc(N3CCc4ncc(-c5ccc(F)c(F)c5)cc4C3)c(C)cc2n1. The Labute approximate surface area is 188 Å². The van der Waals surface area contributed by atoms with E-state index in [0.717, 1.165) is 22.9 Å². The van der Waals surface area contributed by atoms with Crippen LogP contribution < -0.4 is 10.5 Å². The van der Waals surface area contributed by atoms with Gasteiger partial charge in [0.25, 0.3) is 5.56 Å². The molecule has 0 unspecified atom stereocenters. The number of ether oxygens (including phenoxy) is 1. The lowest BCUT2D eigenvalue weighted by Crippen LogP contribution is -2.33. The number of hydrogen-bond donors (Lipinski definition) is 0. The number of nitrogens with zero attached hydrogens (tertiary/aromatic N) is 5. The molecule has 1 aromatic carbocycles.